The number of hydrogen-bond donors (Lipinski definition) is 2. The van der Waals surface area contributed by atoms with Crippen molar-refractivity contribution in [3.63, 3.8) is 0 Å². The number of aryl methyl sites for hydroxylation is 1. The number of anilines is 2. The van der Waals surface area contributed by atoms with Crippen LogP contribution in [0.2, 0.25) is 0 Å². The topological polar surface area (TPSA) is 118 Å². The van der Waals surface area contributed by atoms with Crippen LogP contribution >= 0.6 is 0 Å². The van der Waals surface area contributed by atoms with Crippen molar-refractivity contribution >= 4 is 31.6 Å². The smallest absolute Gasteiger partial charge is 0.263 e. The van der Waals surface area contributed by atoms with Gasteiger partial charge >= 0.3 is 0 Å². The van der Waals surface area contributed by atoms with Crippen LogP contribution in [-0.2, 0) is 26.5 Å². The Labute approximate surface area is 176 Å². The Hall–Kier alpha value is -2.85. The molecule has 0 amide bonds. The fraction of sp³-hybridized carbons (Fsp3) is 0.250. The number of aromatic nitrogens is 1. The van der Waals surface area contributed by atoms with Crippen molar-refractivity contribution in [2.24, 2.45) is 5.92 Å². The molecule has 0 saturated carbocycles. The molecule has 10 heteroatoms. The summed E-state index contributed by atoms with van der Waals surface area (Å²) in [5.74, 6) is 1.01. The van der Waals surface area contributed by atoms with Crippen LogP contribution in [0.4, 0.5) is 11.5 Å². The molecule has 30 heavy (non-hydrogen) atoms. The van der Waals surface area contributed by atoms with Gasteiger partial charge in [-0.05, 0) is 61.2 Å². The maximum absolute atomic E-state index is 12.6. The zero-order valence-electron chi connectivity index (χ0n) is 16.8. The normalized spacial score (nSPS) is 12.1. The third-order valence-corrected chi connectivity index (χ3v) is 6.93. The van der Waals surface area contributed by atoms with E-state index in [0.29, 0.717) is 11.7 Å². The van der Waals surface area contributed by atoms with E-state index in [4.69, 9.17) is 4.52 Å². The summed E-state index contributed by atoms with van der Waals surface area (Å²) in [6.45, 7) is 5.83. The van der Waals surface area contributed by atoms with Crippen molar-refractivity contribution in [1.82, 2.24) is 5.16 Å². The van der Waals surface area contributed by atoms with Gasteiger partial charge in [-0.25, -0.2) is 16.8 Å². The van der Waals surface area contributed by atoms with Crippen molar-refractivity contribution < 1.29 is 21.4 Å². The third kappa shape index (κ3) is 5.39. The SMILES string of the molecule is Cc1cc(NS(=O)(=O)c2ccc(NS(=O)(=O)c3ccc(CC(C)C)cc3)cc2)no1. The molecule has 3 rings (SSSR count). The molecule has 0 bridgehead atoms. The Morgan fingerprint density at radius 2 is 1.40 bits per heavy atom. The van der Waals surface area contributed by atoms with Gasteiger partial charge in [-0.3, -0.25) is 9.44 Å². The van der Waals surface area contributed by atoms with Gasteiger partial charge in [0.2, 0.25) is 0 Å². The van der Waals surface area contributed by atoms with Crippen LogP contribution in [0.15, 0.2) is 68.9 Å². The second-order valence-electron chi connectivity index (χ2n) is 7.30. The number of benzene rings is 2. The molecule has 1 heterocycles. The number of rotatable bonds is 8. The average molecular weight is 450 g/mol. The van der Waals surface area contributed by atoms with Crippen LogP contribution in [-0.4, -0.2) is 22.0 Å². The van der Waals surface area contributed by atoms with Gasteiger partial charge in [0.15, 0.2) is 5.82 Å². The van der Waals surface area contributed by atoms with Crippen molar-refractivity contribution in [3.8, 4) is 0 Å². The molecular formula is C20H23N3O5S2. The van der Waals surface area contributed by atoms with Crippen LogP contribution < -0.4 is 9.44 Å². The quantitative estimate of drug-likeness (QED) is 0.540. The van der Waals surface area contributed by atoms with E-state index in [1.165, 1.54) is 30.3 Å². The van der Waals surface area contributed by atoms with Gasteiger partial charge in [-0.2, -0.15) is 0 Å². The van der Waals surface area contributed by atoms with E-state index in [0.717, 1.165) is 12.0 Å². The van der Waals surface area contributed by atoms with E-state index in [9.17, 15) is 16.8 Å². The lowest BCUT2D eigenvalue weighted by atomic mass is 10.0. The van der Waals surface area contributed by atoms with Crippen LogP contribution in [0, 0.1) is 12.8 Å². The van der Waals surface area contributed by atoms with E-state index < -0.39 is 20.0 Å². The second-order valence-corrected chi connectivity index (χ2v) is 10.7. The van der Waals surface area contributed by atoms with Crippen LogP contribution in [0.1, 0.15) is 25.2 Å². The van der Waals surface area contributed by atoms with E-state index >= 15 is 0 Å². The van der Waals surface area contributed by atoms with Crippen LogP contribution in [0.25, 0.3) is 0 Å². The Balaban J connectivity index is 1.72. The number of nitrogens with zero attached hydrogens (tertiary/aromatic N) is 1. The molecule has 0 unspecified atom stereocenters. The summed E-state index contributed by atoms with van der Waals surface area (Å²) in [5.41, 5.74) is 1.31. The fourth-order valence-corrected chi connectivity index (χ4v) is 4.85. The minimum Gasteiger partial charge on any atom is -0.360 e. The molecule has 0 aliphatic rings. The lowest BCUT2D eigenvalue weighted by Crippen LogP contribution is -2.14. The average Bonchev–Trinajstić information content (AvgIpc) is 3.06. The first-order chi connectivity index (χ1) is 14.0. The van der Waals surface area contributed by atoms with Gasteiger partial charge in [-0.1, -0.05) is 31.1 Å². The standard InChI is InChI=1S/C20H23N3O5S2/c1-14(2)12-16-4-8-18(9-5-16)29(24,25)22-17-6-10-19(11-7-17)30(26,27)23-20-13-15(3)28-21-20/h4-11,13-14,22H,12H2,1-3H3,(H,21,23). The lowest BCUT2D eigenvalue weighted by molar-refractivity contribution is 0.400. The summed E-state index contributed by atoms with van der Waals surface area (Å²) in [7, 11) is -7.67. The fourth-order valence-electron chi connectivity index (χ4n) is 2.80. The zero-order valence-corrected chi connectivity index (χ0v) is 18.4. The van der Waals surface area contributed by atoms with E-state index in [2.05, 4.69) is 28.4 Å². The molecule has 0 saturated heterocycles. The molecule has 0 spiro atoms. The summed E-state index contributed by atoms with van der Waals surface area (Å²) in [4.78, 5) is 0.0962. The molecule has 1 aromatic heterocycles. The number of hydrogen-bond acceptors (Lipinski definition) is 6. The minimum atomic E-state index is -3.88. The first-order valence-electron chi connectivity index (χ1n) is 9.23. The maximum Gasteiger partial charge on any atom is 0.263 e. The molecule has 2 N–H and O–H groups in total. The van der Waals surface area contributed by atoms with Gasteiger partial charge in [0, 0.05) is 11.8 Å². The van der Waals surface area contributed by atoms with Gasteiger partial charge in [0.05, 0.1) is 9.79 Å². The Morgan fingerprint density at radius 1 is 0.867 bits per heavy atom. The molecule has 0 atom stereocenters. The molecule has 160 valence electrons. The van der Waals surface area contributed by atoms with Gasteiger partial charge in [0.25, 0.3) is 20.0 Å². The molecule has 2 aromatic carbocycles. The van der Waals surface area contributed by atoms with Gasteiger partial charge in [-0.15, -0.1) is 0 Å². The number of nitrogens with one attached hydrogen (secondary N) is 2. The highest BCUT2D eigenvalue weighted by Gasteiger charge is 2.18. The summed E-state index contributed by atoms with van der Waals surface area (Å²) in [5, 5.41) is 3.59. The summed E-state index contributed by atoms with van der Waals surface area (Å²) < 4.78 is 59.6. The van der Waals surface area contributed by atoms with Crippen molar-refractivity contribution in [3.05, 3.63) is 65.9 Å². The minimum absolute atomic E-state index is 0.0378. The predicted molar refractivity (Wildman–Crippen MR) is 114 cm³/mol. The number of sulfonamides is 2. The largest absolute Gasteiger partial charge is 0.360 e. The molecule has 0 aliphatic carbocycles. The first-order valence-corrected chi connectivity index (χ1v) is 12.2. The lowest BCUT2D eigenvalue weighted by Gasteiger charge is -2.10. The van der Waals surface area contributed by atoms with Gasteiger partial charge < -0.3 is 4.52 Å². The summed E-state index contributed by atoms with van der Waals surface area (Å²) in [6, 6.07) is 13.5. The van der Waals surface area contributed by atoms with Crippen LogP contribution in [0.5, 0.6) is 0 Å². The maximum atomic E-state index is 12.6. The molecule has 8 nitrogen and oxygen atoms in total. The molecule has 0 aliphatic heterocycles. The van der Waals surface area contributed by atoms with Crippen molar-refractivity contribution in [1.29, 1.82) is 0 Å². The summed E-state index contributed by atoms with van der Waals surface area (Å²) >= 11 is 0. The molecule has 3 aromatic rings. The highest BCUT2D eigenvalue weighted by molar-refractivity contribution is 7.93. The predicted octanol–water partition coefficient (Wildman–Crippen LogP) is 3.78. The Kier molecular flexibility index (Phi) is 6.18. The zero-order chi connectivity index (χ0) is 21.9. The Morgan fingerprint density at radius 3 is 1.90 bits per heavy atom. The van der Waals surface area contributed by atoms with E-state index in [1.54, 1.807) is 31.2 Å². The highest BCUT2D eigenvalue weighted by Crippen LogP contribution is 2.21. The molecule has 0 fully saturated rings. The van der Waals surface area contributed by atoms with Crippen molar-refractivity contribution in [2.75, 3.05) is 9.44 Å². The van der Waals surface area contributed by atoms with E-state index in [-0.39, 0.29) is 21.3 Å². The van der Waals surface area contributed by atoms with Gasteiger partial charge in [0.1, 0.15) is 5.76 Å². The van der Waals surface area contributed by atoms with E-state index in [1.807, 2.05) is 0 Å². The first kappa shape index (κ1) is 21.8. The van der Waals surface area contributed by atoms with Crippen LogP contribution in [0.3, 0.4) is 0 Å². The Bertz CT molecular complexity index is 1210. The third-order valence-electron chi connectivity index (χ3n) is 4.16. The van der Waals surface area contributed by atoms with Crippen molar-refractivity contribution in [2.45, 2.75) is 37.0 Å². The summed E-state index contributed by atoms with van der Waals surface area (Å²) in [6.07, 6.45) is 0.867. The molecular weight excluding hydrogens is 426 g/mol. The molecule has 0 radical (unpaired) electrons. The second kappa shape index (κ2) is 8.49. The monoisotopic (exact) mass is 449 g/mol. The highest BCUT2D eigenvalue weighted by atomic mass is 32.2.